The predicted molar refractivity (Wildman–Crippen MR) is 54.9 cm³/mol. The van der Waals surface area contributed by atoms with E-state index in [-0.39, 0.29) is 17.6 Å². The van der Waals surface area contributed by atoms with Gasteiger partial charge in [0, 0.05) is 18.6 Å². The number of nitrogens with two attached hydrogens (primary N) is 1. The lowest BCUT2D eigenvalue weighted by Gasteiger charge is -2.50. The van der Waals surface area contributed by atoms with Gasteiger partial charge in [-0.05, 0) is 31.6 Å². The van der Waals surface area contributed by atoms with Crippen molar-refractivity contribution in [3.63, 3.8) is 0 Å². The quantitative estimate of drug-likeness (QED) is 0.710. The normalized spacial score (nSPS) is 44.8. The zero-order chi connectivity index (χ0) is 10.2. The SMILES string of the molecule is CC1CC(CN)([C@@H](O)[C@@H]2CCCO2)C1. The van der Waals surface area contributed by atoms with Crippen LogP contribution >= 0.6 is 0 Å². The number of hydrogen-bond acceptors (Lipinski definition) is 3. The third kappa shape index (κ3) is 1.58. The maximum atomic E-state index is 10.2. The Kier molecular flexibility index (Phi) is 2.82. The molecule has 1 aliphatic heterocycles. The number of rotatable bonds is 3. The van der Waals surface area contributed by atoms with Gasteiger partial charge in [-0.2, -0.15) is 0 Å². The van der Waals surface area contributed by atoms with Crippen LogP contribution in [0.2, 0.25) is 0 Å². The first-order valence-corrected chi connectivity index (χ1v) is 5.68. The van der Waals surface area contributed by atoms with Crippen LogP contribution in [0.5, 0.6) is 0 Å². The lowest BCUT2D eigenvalue weighted by Crippen LogP contribution is -2.54. The van der Waals surface area contributed by atoms with E-state index in [4.69, 9.17) is 10.5 Å². The Morgan fingerprint density at radius 1 is 1.57 bits per heavy atom. The van der Waals surface area contributed by atoms with Gasteiger partial charge in [-0.15, -0.1) is 0 Å². The largest absolute Gasteiger partial charge is 0.390 e. The van der Waals surface area contributed by atoms with Gasteiger partial charge in [0.05, 0.1) is 12.2 Å². The van der Waals surface area contributed by atoms with E-state index in [1.54, 1.807) is 0 Å². The zero-order valence-electron chi connectivity index (χ0n) is 8.91. The van der Waals surface area contributed by atoms with Gasteiger partial charge in [-0.3, -0.25) is 0 Å². The summed E-state index contributed by atoms with van der Waals surface area (Å²) in [5.41, 5.74) is 5.75. The van der Waals surface area contributed by atoms with Crippen molar-refractivity contribution < 1.29 is 9.84 Å². The highest BCUT2D eigenvalue weighted by Gasteiger charge is 2.49. The first-order valence-electron chi connectivity index (χ1n) is 5.68. The number of ether oxygens (including phenoxy) is 1. The van der Waals surface area contributed by atoms with Crippen LogP contribution in [0.3, 0.4) is 0 Å². The minimum atomic E-state index is -0.341. The fraction of sp³-hybridized carbons (Fsp3) is 1.00. The Balaban J connectivity index is 1.97. The summed E-state index contributed by atoms with van der Waals surface area (Å²) in [6.07, 6.45) is 3.90. The summed E-state index contributed by atoms with van der Waals surface area (Å²) in [5, 5.41) is 10.2. The minimum absolute atomic E-state index is 0.0333. The van der Waals surface area contributed by atoms with Gasteiger partial charge in [-0.1, -0.05) is 6.92 Å². The summed E-state index contributed by atoms with van der Waals surface area (Å²) >= 11 is 0. The molecule has 0 bridgehead atoms. The van der Waals surface area contributed by atoms with Crippen LogP contribution in [0.25, 0.3) is 0 Å². The summed E-state index contributed by atoms with van der Waals surface area (Å²) in [6.45, 7) is 3.62. The number of aliphatic hydroxyl groups is 1. The van der Waals surface area contributed by atoms with Crippen LogP contribution in [0.15, 0.2) is 0 Å². The molecular weight excluding hydrogens is 178 g/mol. The maximum Gasteiger partial charge on any atom is 0.0870 e. The maximum absolute atomic E-state index is 10.2. The molecule has 0 aromatic rings. The first kappa shape index (κ1) is 10.4. The zero-order valence-corrected chi connectivity index (χ0v) is 8.91. The van der Waals surface area contributed by atoms with Crippen molar-refractivity contribution in [1.29, 1.82) is 0 Å². The van der Waals surface area contributed by atoms with Crippen LogP contribution in [0.4, 0.5) is 0 Å². The topological polar surface area (TPSA) is 55.5 Å². The summed E-state index contributed by atoms with van der Waals surface area (Å²) in [4.78, 5) is 0. The molecule has 0 aromatic carbocycles. The van der Waals surface area contributed by atoms with Crippen LogP contribution < -0.4 is 5.73 Å². The first-order chi connectivity index (χ1) is 6.68. The van der Waals surface area contributed by atoms with E-state index < -0.39 is 0 Å². The van der Waals surface area contributed by atoms with Crippen molar-refractivity contribution in [1.82, 2.24) is 0 Å². The molecular formula is C11H21NO2. The van der Waals surface area contributed by atoms with E-state index in [0.717, 1.165) is 38.2 Å². The number of aliphatic hydroxyl groups excluding tert-OH is 1. The van der Waals surface area contributed by atoms with E-state index in [2.05, 4.69) is 6.92 Å². The molecule has 0 spiro atoms. The third-order valence-electron chi connectivity index (χ3n) is 3.86. The second kappa shape index (κ2) is 3.80. The average molecular weight is 199 g/mol. The Labute approximate surface area is 85.6 Å². The third-order valence-corrected chi connectivity index (χ3v) is 3.86. The molecule has 1 saturated heterocycles. The van der Waals surface area contributed by atoms with E-state index in [0.29, 0.717) is 6.54 Å². The lowest BCUT2D eigenvalue weighted by molar-refractivity contribution is -0.120. The van der Waals surface area contributed by atoms with Crippen LogP contribution in [-0.4, -0.2) is 30.5 Å². The molecule has 3 heteroatoms. The van der Waals surface area contributed by atoms with Crippen molar-refractivity contribution in [2.24, 2.45) is 17.1 Å². The summed E-state index contributed by atoms with van der Waals surface area (Å²) in [5.74, 6) is 0.717. The molecule has 3 nitrogen and oxygen atoms in total. The Morgan fingerprint density at radius 2 is 2.29 bits per heavy atom. The molecule has 3 N–H and O–H groups in total. The van der Waals surface area contributed by atoms with Gasteiger partial charge in [0.15, 0.2) is 0 Å². The van der Waals surface area contributed by atoms with Gasteiger partial charge < -0.3 is 15.6 Å². The lowest BCUT2D eigenvalue weighted by atomic mass is 9.58. The molecule has 1 heterocycles. The molecule has 0 radical (unpaired) electrons. The highest BCUT2D eigenvalue weighted by Crippen LogP contribution is 2.49. The Morgan fingerprint density at radius 3 is 2.71 bits per heavy atom. The molecule has 14 heavy (non-hydrogen) atoms. The Hall–Kier alpha value is -0.120. The molecule has 0 amide bonds. The number of hydrogen-bond donors (Lipinski definition) is 2. The van der Waals surface area contributed by atoms with Gasteiger partial charge in [0.2, 0.25) is 0 Å². The molecule has 0 unspecified atom stereocenters. The van der Waals surface area contributed by atoms with E-state index in [9.17, 15) is 5.11 Å². The second-order valence-corrected chi connectivity index (χ2v) is 5.08. The predicted octanol–water partition coefficient (Wildman–Crippen LogP) is 0.901. The average Bonchev–Trinajstić information content (AvgIpc) is 2.64. The van der Waals surface area contributed by atoms with Crippen LogP contribution in [0, 0.1) is 11.3 Å². The second-order valence-electron chi connectivity index (χ2n) is 5.08. The van der Waals surface area contributed by atoms with Gasteiger partial charge in [-0.25, -0.2) is 0 Å². The molecule has 1 saturated carbocycles. The minimum Gasteiger partial charge on any atom is -0.390 e. The van der Waals surface area contributed by atoms with Crippen molar-refractivity contribution in [2.75, 3.05) is 13.2 Å². The molecule has 0 aromatic heterocycles. The van der Waals surface area contributed by atoms with Crippen LogP contribution in [0.1, 0.15) is 32.6 Å². The summed E-state index contributed by atoms with van der Waals surface area (Å²) in [6, 6.07) is 0. The monoisotopic (exact) mass is 199 g/mol. The highest BCUT2D eigenvalue weighted by atomic mass is 16.5. The standard InChI is InChI=1S/C11H21NO2/c1-8-5-11(6-8,7-12)10(13)9-3-2-4-14-9/h8-10,13H,2-7,12H2,1H3/t8?,9-,10-,11?/m0/s1. The summed E-state index contributed by atoms with van der Waals surface area (Å²) < 4.78 is 5.53. The van der Waals surface area contributed by atoms with E-state index in [1.165, 1.54) is 0 Å². The van der Waals surface area contributed by atoms with E-state index in [1.807, 2.05) is 0 Å². The molecule has 2 aliphatic rings. The van der Waals surface area contributed by atoms with Gasteiger partial charge in [0.1, 0.15) is 0 Å². The van der Waals surface area contributed by atoms with Gasteiger partial charge in [0.25, 0.3) is 0 Å². The smallest absolute Gasteiger partial charge is 0.0870 e. The van der Waals surface area contributed by atoms with Crippen molar-refractivity contribution in [3.05, 3.63) is 0 Å². The summed E-state index contributed by atoms with van der Waals surface area (Å²) in [7, 11) is 0. The molecule has 2 atom stereocenters. The highest BCUT2D eigenvalue weighted by molar-refractivity contribution is 5.01. The molecule has 1 aliphatic carbocycles. The van der Waals surface area contributed by atoms with Crippen molar-refractivity contribution in [2.45, 2.75) is 44.8 Å². The fourth-order valence-corrected chi connectivity index (χ4v) is 3.10. The van der Waals surface area contributed by atoms with Crippen molar-refractivity contribution >= 4 is 0 Å². The van der Waals surface area contributed by atoms with Crippen LogP contribution in [-0.2, 0) is 4.74 Å². The molecule has 82 valence electrons. The molecule has 2 rings (SSSR count). The van der Waals surface area contributed by atoms with Gasteiger partial charge >= 0.3 is 0 Å². The molecule has 2 fully saturated rings. The Bertz CT molecular complexity index is 195. The van der Waals surface area contributed by atoms with E-state index >= 15 is 0 Å². The fourth-order valence-electron chi connectivity index (χ4n) is 3.10. The van der Waals surface area contributed by atoms with Crippen molar-refractivity contribution in [3.8, 4) is 0 Å².